The minimum atomic E-state index is -0.585. The van der Waals surface area contributed by atoms with Gasteiger partial charge in [0.05, 0.1) is 24.6 Å². The molecule has 2 N–H and O–H groups in total. The summed E-state index contributed by atoms with van der Waals surface area (Å²) in [5, 5.41) is 5.36. The van der Waals surface area contributed by atoms with Gasteiger partial charge in [-0.05, 0) is 31.3 Å². The van der Waals surface area contributed by atoms with E-state index in [9.17, 15) is 4.79 Å². The van der Waals surface area contributed by atoms with E-state index in [-0.39, 0.29) is 5.11 Å². The van der Waals surface area contributed by atoms with Gasteiger partial charge in [-0.15, -0.1) is 0 Å². The zero-order chi connectivity index (χ0) is 15.2. The number of ether oxygens (including phenoxy) is 2. The van der Waals surface area contributed by atoms with E-state index in [2.05, 4.69) is 20.5 Å². The Bertz CT molecular complexity index is 503. The summed E-state index contributed by atoms with van der Waals surface area (Å²) in [6.07, 6.45) is 1.46. The molecule has 1 aliphatic heterocycles. The minimum Gasteiger partial charge on any atom is -0.450 e. The van der Waals surface area contributed by atoms with Crippen molar-refractivity contribution in [1.82, 2.24) is 10.3 Å². The van der Waals surface area contributed by atoms with Crippen LogP contribution in [-0.4, -0.2) is 49.1 Å². The molecule has 0 saturated carbocycles. The molecule has 0 radical (unpaired) electrons. The van der Waals surface area contributed by atoms with E-state index >= 15 is 0 Å². The molecule has 1 amide bonds. The third-order valence-corrected chi connectivity index (χ3v) is 3.23. The fourth-order valence-electron chi connectivity index (χ4n) is 1.85. The first-order valence-electron chi connectivity index (χ1n) is 6.61. The molecule has 7 nitrogen and oxygen atoms in total. The maximum absolute atomic E-state index is 11.2. The normalized spacial score (nSPS) is 14.3. The lowest BCUT2D eigenvalue weighted by atomic mass is 10.1. The second-order valence-electron chi connectivity index (χ2n) is 4.46. The second-order valence-corrected chi connectivity index (χ2v) is 4.87. The lowest BCUT2D eigenvalue weighted by molar-refractivity contribution is 0.0787. The van der Waals surface area contributed by atoms with Crippen LogP contribution in [0.4, 0.5) is 16.3 Å². The molecular formula is C13H18N4O3S. The smallest absolute Gasteiger partial charge is 0.413 e. The van der Waals surface area contributed by atoms with Crippen LogP contribution in [0.25, 0.3) is 0 Å². The number of nitrogens with one attached hydrogen (secondary N) is 2. The molecule has 8 heteroatoms. The number of anilines is 2. The lowest BCUT2D eigenvalue weighted by Gasteiger charge is -2.39. The first-order chi connectivity index (χ1) is 10.1. The molecule has 0 aromatic carbocycles. The van der Waals surface area contributed by atoms with E-state index in [4.69, 9.17) is 21.7 Å². The molecule has 1 fully saturated rings. The Morgan fingerprint density at radius 1 is 1.52 bits per heavy atom. The van der Waals surface area contributed by atoms with Crippen LogP contribution in [0.3, 0.4) is 0 Å². The average Bonchev–Trinajstić information content (AvgIpc) is 2.39. The number of hydrogen-bond donors (Lipinski definition) is 2. The van der Waals surface area contributed by atoms with Crippen molar-refractivity contribution in [2.24, 2.45) is 0 Å². The van der Waals surface area contributed by atoms with Crippen LogP contribution in [0, 0.1) is 0 Å². The van der Waals surface area contributed by atoms with E-state index < -0.39 is 6.09 Å². The number of amides is 1. The van der Waals surface area contributed by atoms with Crippen LogP contribution in [0.15, 0.2) is 18.3 Å². The van der Waals surface area contributed by atoms with Crippen LogP contribution in [0.1, 0.15) is 6.92 Å². The number of pyridine rings is 1. The van der Waals surface area contributed by atoms with Crippen LogP contribution < -0.4 is 15.5 Å². The highest BCUT2D eigenvalue weighted by Gasteiger charge is 2.26. The number of alkyl carbamates (subject to hydrolysis) is 1. The molecule has 114 valence electrons. The maximum atomic E-state index is 11.2. The van der Waals surface area contributed by atoms with Crippen molar-refractivity contribution in [3.8, 4) is 0 Å². The standard InChI is InChI=1S/C13H18N4O3S/c1-3-20-13(18)16-12(21)15-11-5-4-9(6-14-11)17-7-10(8-17)19-2/h4-6,10H,3,7-8H2,1-2H3,(H2,14,15,16,18,21). The third-order valence-electron chi connectivity index (χ3n) is 3.03. The van der Waals surface area contributed by atoms with E-state index in [0.717, 1.165) is 18.8 Å². The third kappa shape index (κ3) is 4.27. The van der Waals surface area contributed by atoms with E-state index in [0.29, 0.717) is 18.5 Å². The number of hydrogen-bond acceptors (Lipinski definition) is 6. The zero-order valence-electron chi connectivity index (χ0n) is 12.0. The van der Waals surface area contributed by atoms with Gasteiger partial charge >= 0.3 is 6.09 Å². The molecule has 1 aromatic rings. The molecule has 1 aliphatic rings. The summed E-state index contributed by atoms with van der Waals surface area (Å²) in [7, 11) is 1.71. The van der Waals surface area contributed by atoms with Crippen LogP contribution >= 0.6 is 12.2 Å². The molecule has 1 saturated heterocycles. The van der Waals surface area contributed by atoms with Gasteiger partial charge in [-0.1, -0.05) is 0 Å². The van der Waals surface area contributed by atoms with Crippen LogP contribution in [0.2, 0.25) is 0 Å². The fraction of sp³-hybridized carbons (Fsp3) is 0.462. The van der Waals surface area contributed by atoms with Gasteiger partial charge in [-0.25, -0.2) is 9.78 Å². The van der Waals surface area contributed by atoms with Crippen molar-refractivity contribution in [2.45, 2.75) is 13.0 Å². The summed E-state index contributed by atoms with van der Waals surface area (Å²) in [6, 6.07) is 3.74. The fourth-order valence-corrected chi connectivity index (χ4v) is 2.04. The highest BCUT2D eigenvalue weighted by atomic mass is 32.1. The van der Waals surface area contributed by atoms with Gasteiger partial charge < -0.3 is 19.7 Å². The highest BCUT2D eigenvalue weighted by Crippen LogP contribution is 2.22. The number of thiocarbonyl (C=S) groups is 1. The Morgan fingerprint density at radius 2 is 2.29 bits per heavy atom. The molecule has 2 heterocycles. The summed E-state index contributed by atoms with van der Waals surface area (Å²) < 4.78 is 9.95. The first-order valence-corrected chi connectivity index (χ1v) is 7.01. The van der Waals surface area contributed by atoms with Crippen molar-refractivity contribution in [1.29, 1.82) is 0 Å². The van der Waals surface area contributed by atoms with Gasteiger partial charge in [0.15, 0.2) is 5.11 Å². The largest absolute Gasteiger partial charge is 0.450 e. The van der Waals surface area contributed by atoms with Crippen molar-refractivity contribution in [3.63, 3.8) is 0 Å². The Morgan fingerprint density at radius 3 is 2.86 bits per heavy atom. The summed E-state index contributed by atoms with van der Waals surface area (Å²) in [5.74, 6) is 0.560. The Kier molecular flexibility index (Phi) is 5.29. The van der Waals surface area contributed by atoms with Gasteiger partial charge in [0.1, 0.15) is 5.82 Å². The van der Waals surface area contributed by atoms with E-state index in [1.807, 2.05) is 6.07 Å². The van der Waals surface area contributed by atoms with E-state index in [1.165, 1.54) is 0 Å². The molecule has 2 rings (SSSR count). The van der Waals surface area contributed by atoms with Crippen LogP contribution in [0.5, 0.6) is 0 Å². The Labute approximate surface area is 128 Å². The number of methoxy groups -OCH3 is 1. The second kappa shape index (κ2) is 7.19. The van der Waals surface area contributed by atoms with Gasteiger partial charge in [-0.2, -0.15) is 0 Å². The van der Waals surface area contributed by atoms with Crippen molar-refractivity contribution in [2.75, 3.05) is 37.0 Å². The summed E-state index contributed by atoms with van der Waals surface area (Å²) in [6.45, 7) is 3.75. The summed E-state index contributed by atoms with van der Waals surface area (Å²) >= 11 is 4.99. The van der Waals surface area contributed by atoms with Crippen molar-refractivity contribution < 1.29 is 14.3 Å². The summed E-state index contributed by atoms with van der Waals surface area (Å²) in [4.78, 5) is 17.6. The predicted octanol–water partition coefficient (Wildman–Crippen LogP) is 1.36. The predicted molar refractivity (Wildman–Crippen MR) is 83.6 cm³/mol. The van der Waals surface area contributed by atoms with Gasteiger partial charge in [0.2, 0.25) is 0 Å². The van der Waals surface area contributed by atoms with Crippen LogP contribution in [-0.2, 0) is 9.47 Å². The lowest BCUT2D eigenvalue weighted by Crippen LogP contribution is -2.51. The molecular weight excluding hydrogens is 292 g/mol. The SMILES string of the molecule is CCOC(=O)NC(=S)Nc1ccc(N2CC(OC)C2)cn1. The molecule has 0 spiro atoms. The molecule has 0 bridgehead atoms. The topological polar surface area (TPSA) is 75.7 Å². The average molecular weight is 310 g/mol. The minimum absolute atomic E-state index is 0.150. The quantitative estimate of drug-likeness (QED) is 0.813. The molecule has 0 atom stereocenters. The highest BCUT2D eigenvalue weighted by molar-refractivity contribution is 7.80. The molecule has 0 unspecified atom stereocenters. The number of rotatable bonds is 4. The van der Waals surface area contributed by atoms with Crippen molar-refractivity contribution in [3.05, 3.63) is 18.3 Å². The molecule has 21 heavy (non-hydrogen) atoms. The molecule has 0 aliphatic carbocycles. The van der Waals surface area contributed by atoms with Gasteiger partial charge in [0, 0.05) is 20.2 Å². The van der Waals surface area contributed by atoms with E-state index in [1.54, 1.807) is 26.3 Å². The molecule has 1 aromatic heterocycles. The number of nitrogens with zero attached hydrogens (tertiary/aromatic N) is 2. The number of carbonyl (C=O) groups excluding carboxylic acids is 1. The van der Waals surface area contributed by atoms with Gasteiger partial charge in [0.25, 0.3) is 0 Å². The Balaban J connectivity index is 1.82. The number of aromatic nitrogens is 1. The summed E-state index contributed by atoms with van der Waals surface area (Å²) in [5.41, 5.74) is 1.03. The maximum Gasteiger partial charge on any atom is 0.413 e. The Hall–Kier alpha value is -1.93. The number of carbonyl (C=O) groups is 1. The van der Waals surface area contributed by atoms with Crippen molar-refractivity contribution >= 4 is 34.9 Å². The monoisotopic (exact) mass is 310 g/mol. The van der Waals surface area contributed by atoms with Gasteiger partial charge in [-0.3, -0.25) is 5.32 Å². The first kappa shape index (κ1) is 15.5. The zero-order valence-corrected chi connectivity index (χ0v) is 12.8.